The second-order valence-electron chi connectivity index (χ2n) is 6.95. The molecule has 0 radical (unpaired) electrons. The van der Waals surface area contributed by atoms with Gasteiger partial charge in [0.15, 0.2) is 23.0 Å². The van der Waals surface area contributed by atoms with Crippen LogP contribution in [0.15, 0.2) is 34.5 Å². The lowest BCUT2D eigenvalue weighted by Crippen LogP contribution is -2.32. The molecule has 2 aromatic rings. The van der Waals surface area contributed by atoms with E-state index in [2.05, 4.69) is 15.5 Å². The molecule has 0 saturated heterocycles. The third kappa shape index (κ3) is 7.47. The summed E-state index contributed by atoms with van der Waals surface area (Å²) in [6.45, 7) is 9.85. The summed E-state index contributed by atoms with van der Waals surface area (Å²) in [6, 6.07) is 4.89. The summed E-state index contributed by atoms with van der Waals surface area (Å²) in [4.78, 5) is 25.4. The standard InChI is InChI=1S/C24H29Cl2N3O6/c1-6-32-15-12-17(26)21(19(13-15)34-8-3)27-24(31)20(14(5)30)28-29-22-18(33-7-2)11-10-16(25)23(22)35-9-4/h10-13,20H,6-9H2,1-5H3,(H,27,31). The zero-order valence-corrected chi connectivity index (χ0v) is 21.8. The zero-order valence-electron chi connectivity index (χ0n) is 20.3. The number of ketones is 1. The molecule has 2 rings (SSSR count). The van der Waals surface area contributed by atoms with E-state index in [1.165, 1.54) is 6.92 Å². The number of hydrogen-bond donors (Lipinski definition) is 1. The Morgan fingerprint density at radius 1 is 0.886 bits per heavy atom. The first-order valence-electron chi connectivity index (χ1n) is 11.2. The van der Waals surface area contributed by atoms with Crippen LogP contribution < -0.4 is 24.3 Å². The number of hydrogen-bond acceptors (Lipinski definition) is 8. The van der Waals surface area contributed by atoms with E-state index in [4.69, 9.17) is 42.1 Å². The lowest BCUT2D eigenvalue weighted by Gasteiger charge is -2.17. The highest BCUT2D eigenvalue weighted by atomic mass is 35.5. The maximum atomic E-state index is 13.1. The van der Waals surface area contributed by atoms with Gasteiger partial charge in [0.05, 0.1) is 36.5 Å². The van der Waals surface area contributed by atoms with Crippen molar-refractivity contribution < 1.29 is 28.5 Å². The molecule has 1 amide bonds. The molecule has 190 valence electrons. The summed E-state index contributed by atoms with van der Waals surface area (Å²) in [5, 5.41) is 11.2. The number of carbonyl (C=O) groups excluding carboxylic acids is 2. The highest BCUT2D eigenvalue weighted by Crippen LogP contribution is 2.43. The van der Waals surface area contributed by atoms with Gasteiger partial charge in [-0.3, -0.25) is 9.59 Å². The molecule has 9 nitrogen and oxygen atoms in total. The van der Waals surface area contributed by atoms with Crippen LogP contribution in [0.4, 0.5) is 11.4 Å². The number of anilines is 1. The summed E-state index contributed by atoms with van der Waals surface area (Å²) in [7, 11) is 0. The molecule has 2 aromatic carbocycles. The van der Waals surface area contributed by atoms with Crippen molar-refractivity contribution in [1.29, 1.82) is 0 Å². The van der Waals surface area contributed by atoms with Gasteiger partial charge in [-0.2, -0.15) is 5.11 Å². The van der Waals surface area contributed by atoms with E-state index < -0.39 is 17.7 Å². The van der Waals surface area contributed by atoms with E-state index >= 15 is 0 Å². The fourth-order valence-corrected chi connectivity index (χ4v) is 3.46. The predicted molar refractivity (Wildman–Crippen MR) is 135 cm³/mol. The van der Waals surface area contributed by atoms with Crippen LogP contribution >= 0.6 is 23.2 Å². The lowest BCUT2D eigenvalue weighted by atomic mass is 10.2. The minimum absolute atomic E-state index is 0.175. The van der Waals surface area contributed by atoms with Crippen molar-refractivity contribution in [3.63, 3.8) is 0 Å². The smallest absolute Gasteiger partial charge is 0.258 e. The Bertz CT molecular complexity index is 1080. The largest absolute Gasteiger partial charge is 0.494 e. The molecule has 0 aliphatic rings. The summed E-state index contributed by atoms with van der Waals surface area (Å²) >= 11 is 12.6. The number of azo groups is 1. The Balaban J connectivity index is 2.43. The molecule has 0 aliphatic heterocycles. The molecule has 0 fully saturated rings. The van der Waals surface area contributed by atoms with Crippen LogP contribution in [-0.4, -0.2) is 44.2 Å². The van der Waals surface area contributed by atoms with E-state index in [0.29, 0.717) is 43.7 Å². The molecule has 35 heavy (non-hydrogen) atoms. The van der Waals surface area contributed by atoms with Gasteiger partial charge in [-0.25, -0.2) is 0 Å². The average Bonchev–Trinajstić information content (AvgIpc) is 2.80. The summed E-state index contributed by atoms with van der Waals surface area (Å²) in [5.74, 6) is 0.0768. The van der Waals surface area contributed by atoms with Crippen molar-refractivity contribution in [2.75, 3.05) is 31.7 Å². The van der Waals surface area contributed by atoms with Gasteiger partial charge in [0, 0.05) is 12.1 Å². The van der Waals surface area contributed by atoms with E-state index in [9.17, 15) is 9.59 Å². The number of rotatable bonds is 13. The minimum atomic E-state index is -1.48. The van der Waals surface area contributed by atoms with E-state index in [0.717, 1.165) is 0 Å². The van der Waals surface area contributed by atoms with Crippen LogP contribution in [0, 0.1) is 0 Å². The number of carbonyl (C=O) groups is 2. The van der Waals surface area contributed by atoms with Crippen molar-refractivity contribution in [2.45, 2.75) is 40.7 Å². The number of benzene rings is 2. The number of nitrogens with one attached hydrogen (secondary N) is 1. The van der Waals surface area contributed by atoms with E-state index in [-0.39, 0.29) is 27.2 Å². The monoisotopic (exact) mass is 525 g/mol. The molecular weight excluding hydrogens is 497 g/mol. The van der Waals surface area contributed by atoms with Gasteiger partial charge in [0.2, 0.25) is 6.04 Å². The summed E-state index contributed by atoms with van der Waals surface area (Å²) in [6.07, 6.45) is 0. The fourth-order valence-electron chi connectivity index (χ4n) is 3.00. The van der Waals surface area contributed by atoms with Crippen molar-refractivity contribution in [3.05, 3.63) is 34.3 Å². The van der Waals surface area contributed by atoms with Gasteiger partial charge < -0.3 is 24.3 Å². The van der Waals surface area contributed by atoms with Crippen LogP contribution in [0.2, 0.25) is 10.0 Å². The number of halogens is 2. The first-order valence-corrected chi connectivity index (χ1v) is 11.9. The van der Waals surface area contributed by atoms with Gasteiger partial charge in [0.1, 0.15) is 17.2 Å². The van der Waals surface area contributed by atoms with Crippen LogP contribution in [0.1, 0.15) is 34.6 Å². The second kappa shape index (κ2) is 13.7. The molecule has 11 heteroatoms. The molecule has 0 aliphatic carbocycles. The number of Topliss-reactive ketones (excluding diaryl/α,β-unsaturated/α-hetero) is 1. The Kier molecular flexibility index (Phi) is 11.1. The maximum absolute atomic E-state index is 13.1. The van der Waals surface area contributed by atoms with Gasteiger partial charge in [0.25, 0.3) is 5.91 Å². The zero-order chi connectivity index (χ0) is 26.0. The fraction of sp³-hybridized carbons (Fsp3) is 0.417. The first kappa shape index (κ1) is 28.2. The first-order chi connectivity index (χ1) is 16.8. The molecule has 0 heterocycles. The SMILES string of the molecule is CCOc1cc(Cl)c(NC(=O)C(N=Nc2c(OCC)ccc(Cl)c2OCC)C(C)=O)c(OCC)c1. The Morgan fingerprint density at radius 3 is 2.11 bits per heavy atom. The average molecular weight is 526 g/mol. The molecule has 0 bridgehead atoms. The molecule has 0 spiro atoms. The van der Waals surface area contributed by atoms with Crippen LogP contribution in [0.3, 0.4) is 0 Å². The second-order valence-corrected chi connectivity index (χ2v) is 7.77. The maximum Gasteiger partial charge on any atom is 0.258 e. The predicted octanol–water partition coefficient (Wildman–Crippen LogP) is 6.27. The molecule has 1 unspecified atom stereocenters. The van der Waals surface area contributed by atoms with Gasteiger partial charge in [-0.1, -0.05) is 23.2 Å². The van der Waals surface area contributed by atoms with E-state index in [1.54, 1.807) is 45.0 Å². The van der Waals surface area contributed by atoms with Crippen LogP contribution in [0.25, 0.3) is 0 Å². The van der Waals surface area contributed by atoms with Gasteiger partial charge in [-0.05, 0) is 46.8 Å². The van der Waals surface area contributed by atoms with Crippen molar-refractivity contribution in [1.82, 2.24) is 0 Å². The van der Waals surface area contributed by atoms with Crippen molar-refractivity contribution in [2.24, 2.45) is 10.2 Å². The minimum Gasteiger partial charge on any atom is -0.494 e. The molecule has 1 N–H and O–H groups in total. The van der Waals surface area contributed by atoms with Crippen LogP contribution in [0.5, 0.6) is 23.0 Å². The topological polar surface area (TPSA) is 108 Å². The molecule has 1 atom stereocenters. The van der Waals surface area contributed by atoms with Gasteiger partial charge >= 0.3 is 0 Å². The van der Waals surface area contributed by atoms with Gasteiger partial charge in [-0.15, -0.1) is 5.11 Å². The molecular formula is C24H29Cl2N3O6. The molecule has 0 saturated carbocycles. The highest BCUT2D eigenvalue weighted by molar-refractivity contribution is 6.34. The Hall–Kier alpha value is -3.04. The Labute approximate surface area is 214 Å². The molecule has 0 aromatic heterocycles. The van der Waals surface area contributed by atoms with Crippen molar-refractivity contribution >= 4 is 46.3 Å². The normalized spacial score (nSPS) is 11.7. The van der Waals surface area contributed by atoms with Crippen LogP contribution in [-0.2, 0) is 9.59 Å². The number of ether oxygens (including phenoxy) is 4. The van der Waals surface area contributed by atoms with E-state index in [1.807, 2.05) is 6.92 Å². The highest BCUT2D eigenvalue weighted by Gasteiger charge is 2.26. The number of amides is 1. The lowest BCUT2D eigenvalue weighted by molar-refractivity contribution is -0.126. The van der Waals surface area contributed by atoms with Crippen molar-refractivity contribution in [3.8, 4) is 23.0 Å². The summed E-state index contributed by atoms with van der Waals surface area (Å²) < 4.78 is 22.3. The number of nitrogens with zero attached hydrogens (tertiary/aromatic N) is 2. The third-order valence-corrected chi connectivity index (χ3v) is 5.02. The summed E-state index contributed by atoms with van der Waals surface area (Å²) in [5.41, 5.74) is 0.366. The Morgan fingerprint density at radius 2 is 1.51 bits per heavy atom. The quantitative estimate of drug-likeness (QED) is 0.244. The third-order valence-electron chi connectivity index (χ3n) is 4.43.